The Kier molecular flexibility index (Phi) is 9.09. The van der Waals surface area contributed by atoms with Crippen molar-refractivity contribution in [3.63, 3.8) is 0 Å². The van der Waals surface area contributed by atoms with Crippen LogP contribution in [0.5, 0.6) is 5.75 Å². The maximum absolute atomic E-state index is 10.5. The van der Waals surface area contributed by atoms with Crippen LogP contribution >= 0.6 is 0 Å². The van der Waals surface area contributed by atoms with Gasteiger partial charge in [0.25, 0.3) is 0 Å². The van der Waals surface area contributed by atoms with Crippen molar-refractivity contribution in [2.45, 2.75) is 58.5 Å². The number of unbranched alkanes of at least 4 members (excludes halogenated alkanes) is 6. The Hall–Kier alpha value is -1.71. The fraction of sp³-hybridized carbons (Fsp3) is 0.588. The molecule has 0 radical (unpaired) electrons. The van der Waals surface area contributed by atoms with Crippen molar-refractivity contribution >= 4 is 6.09 Å². The van der Waals surface area contributed by atoms with Gasteiger partial charge in [0.05, 0.1) is 6.61 Å². The van der Waals surface area contributed by atoms with Gasteiger partial charge in [-0.3, -0.25) is 0 Å². The highest BCUT2D eigenvalue weighted by Crippen LogP contribution is 2.14. The molecule has 1 rings (SSSR count). The molecular weight excluding hydrogens is 266 g/mol. The lowest BCUT2D eigenvalue weighted by atomic mass is 10.1. The molecule has 1 aromatic rings. The van der Waals surface area contributed by atoms with Gasteiger partial charge in [-0.2, -0.15) is 0 Å². The Balaban J connectivity index is 2.08. The Labute approximate surface area is 127 Å². The van der Waals surface area contributed by atoms with Crippen molar-refractivity contribution in [3.05, 3.63) is 29.8 Å². The van der Waals surface area contributed by atoms with Gasteiger partial charge in [0.1, 0.15) is 12.4 Å². The second-order valence-electron chi connectivity index (χ2n) is 5.22. The van der Waals surface area contributed by atoms with Crippen LogP contribution in [0.2, 0.25) is 0 Å². The van der Waals surface area contributed by atoms with Gasteiger partial charge in [-0.05, 0) is 24.1 Å². The Morgan fingerprint density at radius 1 is 1.00 bits per heavy atom. The standard InChI is InChI=1S/C17H27NO3/c1-2-3-4-5-6-7-8-13-20-16-11-9-15(10-12-16)14-21-17(18)19/h9-12H,2-8,13-14H2,1H3,(H2,18,19). The molecular formula is C17H27NO3. The monoisotopic (exact) mass is 293 g/mol. The van der Waals surface area contributed by atoms with Crippen molar-refractivity contribution in [1.82, 2.24) is 0 Å². The molecule has 2 N–H and O–H groups in total. The van der Waals surface area contributed by atoms with Crippen LogP contribution in [0.3, 0.4) is 0 Å². The minimum absolute atomic E-state index is 0.202. The summed E-state index contributed by atoms with van der Waals surface area (Å²) in [6.45, 7) is 3.19. The number of rotatable bonds is 11. The van der Waals surface area contributed by atoms with Crippen LogP contribution < -0.4 is 10.5 Å². The van der Waals surface area contributed by atoms with Gasteiger partial charge in [-0.1, -0.05) is 57.6 Å². The molecule has 0 aliphatic carbocycles. The van der Waals surface area contributed by atoms with Crippen molar-refractivity contribution in [2.24, 2.45) is 5.73 Å². The SMILES string of the molecule is CCCCCCCCCOc1ccc(COC(N)=O)cc1. The van der Waals surface area contributed by atoms with E-state index >= 15 is 0 Å². The number of nitrogens with two attached hydrogens (primary N) is 1. The molecule has 0 unspecified atom stereocenters. The van der Waals surface area contributed by atoms with E-state index in [1.165, 1.54) is 38.5 Å². The Bertz CT molecular complexity index is 390. The lowest BCUT2D eigenvalue weighted by molar-refractivity contribution is 0.150. The third-order valence-electron chi connectivity index (χ3n) is 3.32. The molecule has 1 amide bonds. The molecule has 21 heavy (non-hydrogen) atoms. The smallest absolute Gasteiger partial charge is 0.404 e. The molecule has 0 heterocycles. The Morgan fingerprint density at radius 3 is 2.24 bits per heavy atom. The molecule has 0 aliphatic rings. The van der Waals surface area contributed by atoms with Crippen LogP contribution in [-0.4, -0.2) is 12.7 Å². The van der Waals surface area contributed by atoms with Crippen LogP contribution in [0.25, 0.3) is 0 Å². The molecule has 1 aromatic carbocycles. The predicted molar refractivity (Wildman–Crippen MR) is 84.3 cm³/mol. The highest BCUT2D eigenvalue weighted by atomic mass is 16.5. The summed E-state index contributed by atoms with van der Waals surface area (Å²) in [6.07, 6.45) is 8.20. The first kappa shape index (κ1) is 17.3. The van der Waals surface area contributed by atoms with Crippen LogP contribution in [-0.2, 0) is 11.3 Å². The van der Waals surface area contributed by atoms with Crippen LogP contribution in [0.15, 0.2) is 24.3 Å². The molecule has 0 atom stereocenters. The molecule has 4 nitrogen and oxygen atoms in total. The summed E-state index contributed by atoms with van der Waals surface area (Å²) >= 11 is 0. The van der Waals surface area contributed by atoms with Gasteiger partial charge < -0.3 is 15.2 Å². The number of hydrogen-bond acceptors (Lipinski definition) is 3. The summed E-state index contributed by atoms with van der Waals surface area (Å²) < 4.78 is 10.4. The van der Waals surface area contributed by atoms with Crippen molar-refractivity contribution < 1.29 is 14.3 Å². The number of carbonyl (C=O) groups is 1. The zero-order valence-corrected chi connectivity index (χ0v) is 13.0. The normalized spacial score (nSPS) is 10.3. The molecule has 0 aromatic heterocycles. The number of ether oxygens (including phenoxy) is 2. The van der Waals surface area contributed by atoms with Crippen molar-refractivity contribution in [3.8, 4) is 5.75 Å². The molecule has 0 saturated carbocycles. The van der Waals surface area contributed by atoms with E-state index in [-0.39, 0.29) is 6.61 Å². The predicted octanol–water partition coefficient (Wildman–Crippen LogP) is 4.41. The minimum atomic E-state index is -0.755. The summed E-state index contributed by atoms with van der Waals surface area (Å²) in [5, 5.41) is 0. The van der Waals surface area contributed by atoms with Gasteiger partial charge in [-0.15, -0.1) is 0 Å². The third kappa shape index (κ3) is 8.95. The number of carbonyl (C=O) groups excluding carboxylic acids is 1. The first-order chi connectivity index (χ1) is 10.2. The molecule has 4 heteroatoms. The van der Waals surface area contributed by atoms with E-state index in [4.69, 9.17) is 15.2 Å². The van der Waals surface area contributed by atoms with E-state index in [1.54, 1.807) is 0 Å². The molecule has 0 spiro atoms. The average Bonchev–Trinajstić information content (AvgIpc) is 2.49. The van der Waals surface area contributed by atoms with E-state index in [2.05, 4.69) is 6.92 Å². The molecule has 118 valence electrons. The number of amides is 1. The quantitative estimate of drug-likeness (QED) is 0.615. The van der Waals surface area contributed by atoms with E-state index in [0.717, 1.165) is 24.3 Å². The molecule has 0 saturated heterocycles. The van der Waals surface area contributed by atoms with Crippen LogP contribution in [0.1, 0.15) is 57.4 Å². The van der Waals surface area contributed by atoms with Crippen molar-refractivity contribution in [1.29, 1.82) is 0 Å². The summed E-state index contributed by atoms with van der Waals surface area (Å²) in [7, 11) is 0. The number of primary amides is 1. The minimum Gasteiger partial charge on any atom is -0.494 e. The lowest BCUT2D eigenvalue weighted by Gasteiger charge is -2.07. The molecule has 0 aliphatic heterocycles. The van der Waals surface area contributed by atoms with E-state index in [9.17, 15) is 4.79 Å². The first-order valence-corrected chi connectivity index (χ1v) is 7.86. The van der Waals surface area contributed by atoms with Gasteiger partial charge in [-0.25, -0.2) is 4.79 Å². The fourth-order valence-corrected chi connectivity index (χ4v) is 2.09. The highest BCUT2D eigenvalue weighted by Gasteiger charge is 1.99. The van der Waals surface area contributed by atoms with E-state index in [0.29, 0.717) is 0 Å². The summed E-state index contributed by atoms with van der Waals surface area (Å²) in [6, 6.07) is 7.54. The second kappa shape index (κ2) is 11.0. The average molecular weight is 293 g/mol. The van der Waals surface area contributed by atoms with Gasteiger partial charge in [0.2, 0.25) is 0 Å². The van der Waals surface area contributed by atoms with Crippen LogP contribution in [0, 0.1) is 0 Å². The maximum atomic E-state index is 10.5. The van der Waals surface area contributed by atoms with Gasteiger partial charge in [0.15, 0.2) is 0 Å². The molecule has 0 fully saturated rings. The second-order valence-corrected chi connectivity index (χ2v) is 5.22. The Morgan fingerprint density at radius 2 is 1.62 bits per heavy atom. The number of benzene rings is 1. The molecule has 0 bridgehead atoms. The van der Waals surface area contributed by atoms with E-state index in [1.807, 2.05) is 24.3 Å². The number of hydrogen-bond donors (Lipinski definition) is 1. The van der Waals surface area contributed by atoms with Crippen molar-refractivity contribution in [2.75, 3.05) is 6.61 Å². The topological polar surface area (TPSA) is 61.6 Å². The zero-order valence-electron chi connectivity index (χ0n) is 13.0. The van der Waals surface area contributed by atoms with E-state index < -0.39 is 6.09 Å². The summed E-state index contributed by atoms with van der Waals surface area (Å²) in [4.78, 5) is 10.5. The third-order valence-corrected chi connectivity index (χ3v) is 3.32. The largest absolute Gasteiger partial charge is 0.494 e. The zero-order chi connectivity index (χ0) is 15.3. The maximum Gasteiger partial charge on any atom is 0.404 e. The van der Waals surface area contributed by atoms with Gasteiger partial charge >= 0.3 is 6.09 Å². The fourth-order valence-electron chi connectivity index (χ4n) is 2.09. The first-order valence-electron chi connectivity index (χ1n) is 7.86. The summed E-state index contributed by atoms with van der Waals surface area (Å²) in [5.41, 5.74) is 5.82. The summed E-state index contributed by atoms with van der Waals surface area (Å²) in [5.74, 6) is 0.851. The van der Waals surface area contributed by atoms with Gasteiger partial charge in [0, 0.05) is 0 Å². The van der Waals surface area contributed by atoms with Crippen LogP contribution in [0.4, 0.5) is 4.79 Å². The highest BCUT2D eigenvalue weighted by molar-refractivity contribution is 5.64. The lowest BCUT2D eigenvalue weighted by Crippen LogP contribution is -2.12.